The number of nitrogens with one attached hydrogen (secondary N) is 4. The molecule has 2 bridgehead atoms. The third kappa shape index (κ3) is 10.1. The van der Waals surface area contributed by atoms with E-state index in [0.29, 0.717) is 12.2 Å². The predicted molar refractivity (Wildman–Crippen MR) is 135 cm³/mol. The maximum absolute atomic E-state index is 13.1. The van der Waals surface area contributed by atoms with Crippen LogP contribution >= 0.6 is 21.6 Å². The number of hydrogen-bond donors (Lipinski definition) is 5. The monoisotopic (exact) mass is 543 g/mol. The number of primary amides is 1. The highest BCUT2D eigenvalue weighted by Crippen LogP contribution is 2.23. The smallest absolute Gasteiger partial charge is 0.326 e. The van der Waals surface area contributed by atoms with Gasteiger partial charge < -0.3 is 31.7 Å². The number of fused-ring (bicyclic) bond motifs is 7. The highest BCUT2D eigenvalue weighted by molar-refractivity contribution is 8.76. The van der Waals surface area contributed by atoms with E-state index in [9.17, 15) is 28.8 Å². The minimum atomic E-state index is -1.15. The van der Waals surface area contributed by atoms with Crippen molar-refractivity contribution in [1.82, 2.24) is 21.3 Å². The van der Waals surface area contributed by atoms with Crippen LogP contribution in [0.2, 0.25) is 0 Å². The molecular formula is C22H33N5O7S2. The quantitative estimate of drug-likeness (QED) is 0.171. The second-order valence-corrected chi connectivity index (χ2v) is 11.3. The molecule has 0 aromatic rings. The molecule has 4 atom stereocenters. The first-order chi connectivity index (χ1) is 17.1. The SMILES string of the molecule is CC(C)[C@H]1NC(=O)[C@H]2CSSCC/C=C/[C@H](CC(=O)N[C@H](CCC(N)=O)C(=O)N2)OC(=O)CNC1=O. The maximum atomic E-state index is 13.1. The second kappa shape index (κ2) is 14.7. The van der Waals surface area contributed by atoms with Crippen molar-refractivity contribution in [1.29, 1.82) is 0 Å². The van der Waals surface area contributed by atoms with Crippen LogP contribution in [-0.2, 0) is 33.5 Å². The minimum Gasteiger partial charge on any atom is -0.456 e. The number of nitrogens with two attached hydrogens (primary N) is 1. The fourth-order valence-corrected chi connectivity index (χ4v) is 5.56. The molecule has 0 unspecified atom stereocenters. The molecular weight excluding hydrogens is 510 g/mol. The van der Waals surface area contributed by atoms with Gasteiger partial charge in [0.1, 0.15) is 30.8 Å². The highest BCUT2D eigenvalue weighted by Gasteiger charge is 2.32. The topological polar surface area (TPSA) is 186 Å². The predicted octanol–water partition coefficient (Wildman–Crippen LogP) is -0.865. The Morgan fingerprint density at radius 1 is 1.08 bits per heavy atom. The first-order valence-corrected chi connectivity index (χ1v) is 14.1. The Labute approximate surface area is 217 Å². The summed E-state index contributed by atoms with van der Waals surface area (Å²) in [6, 6.07) is -3.14. The van der Waals surface area contributed by atoms with E-state index >= 15 is 0 Å². The molecule has 0 spiro atoms. The number of rotatable bonds is 4. The molecule has 2 aliphatic rings. The lowest BCUT2D eigenvalue weighted by atomic mass is 10.0. The molecule has 200 valence electrons. The van der Waals surface area contributed by atoms with Crippen LogP contribution in [0.1, 0.15) is 39.5 Å². The number of allylic oxidation sites excluding steroid dienone is 1. The second-order valence-electron chi connectivity index (χ2n) is 8.69. The van der Waals surface area contributed by atoms with E-state index in [1.165, 1.54) is 21.6 Å². The molecule has 2 aliphatic heterocycles. The number of amides is 5. The number of esters is 1. The van der Waals surface area contributed by atoms with Crippen molar-refractivity contribution >= 4 is 57.1 Å². The van der Waals surface area contributed by atoms with Gasteiger partial charge in [0.2, 0.25) is 29.5 Å². The summed E-state index contributed by atoms with van der Waals surface area (Å²) in [5.41, 5.74) is 5.23. The summed E-state index contributed by atoms with van der Waals surface area (Å²) in [5, 5.41) is 10.3. The van der Waals surface area contributed by atoms with Gasteiger partial charge in [-0.2, -0.15) is 0 Å². The summed E-state index contributed by atoms with van der Waals surface area (Å²) in [7, 11) is 2.86. The van der Waals surface area contributed by atoms with Gasteiger partial charge in [-0.1, -0.05) is 41.5 Å². The van der Waals surface area contributed by atoms with E-state index in [2.05, 4.69) is 21.3 Å². The van der Waals surface area contributed by atoms with Gasteiger partial charge in [0, 0.05) is 17.9 Å². The largest absolute Gasteiger partial charge is 0.456 e. The molecule has 0 saturated carbocycles. The summed E-state index contributed by atoms with van der Waals surface area (Å²) < 4.78 is 5.39. The molecule has 0 aromatic carbocycles. The summed E-state index contributed by atoms with van der Waals surface area (Å²) in [6.45, 7) is 3.02. The van der Waals surface area contributed by atoms with E-state index in [-0.39, 0.29) is 30.9 Å². The number of carbonyl (C=O) groups is 6. The number of carbonyl (C=O) groups excluding carboxylic acids is 6. The number of ether oxygens (including phenoxy) is 1. The standard InChI is InChI=1S/C22H33N5O7S2/c1-12(2)19-22(33)24-10-18(30)34-13-5-3-4-8-35-36-11-15(21(32)27-19)26-20(31)14(6-7-16(23)28)25-17(29)9-13/h3,5,12-15,19H,4,6-11H2,1-2H3,(H2,23,28)(H,24,33)(H,25,29)(H,26,31)(H,27,32)/b5-3+/t13-,14-,15-,19-/m1/s1. The van der Waals surface area contributed by atoms with Gasteiger partial charge in [-0.25, -0.2) is 0 Å². The van der Waals surface area contributed by atoms with Crippen LogP contribution in [0.5, 0.6) is 0 Å². The summed E-state index contributed by atoms with van der Waals surface area (Å²) in [6.07, 6.45) is 2.52. The molecule has 1 saturated heterocycles. The van der Waals surface area contributed by atoms with Gasteiger partial charge in [-0.15, -0.1) is 0 Å². The normalized spacial score (nSPS) is 28.1. The van der Waals surface area contributed by atoms with Gasteiger partial charge in [-0.3, -0.25) is 28.8 Å². The van der Waals surface area contributed by atoms with Crippen molar-refractivity contribution in [2.24, 2.45) is 11.7 Å². The fourth-order valence-electron chi connectivity index (χ4n) is 3.40. The van der Waals surface area contributed by atoms with Crippen LogP contribution in [0.4, 0.5) is 0 Å². The van der Waals surface area contributed by atoms with E-state index < -0.39 is 66.3 Å². The maximum Gasteiger partial charge on any atom is 0.326 e. The molecule has 14 heteroatoms. The van der Waals surface area contributed by atoms with E-state index in [4.69, 9.17) is 10.5 Å². The minimum absolute atomic E-state index is 0.0829. The van der Waals surface area contributed by atoms with Crippen molar-refractivity contribution in [3.05, 3.63) is 12.2 Å². The molecule has 6 N–H and O–H groups in total. The van der Waals surface area contributed by atoms with E-state index in [1.807, 2.05) is 0 Å². The summed E-state index contributed by atoms with van der Waals surface area (Å²) in [4.78, 5) is 75.5. The van der Waals surface area contributed by atoms with Crippen LogP contribution in [0.25, 0.3) is 0 Å². The lowest BCUT2D eigenvalue weighted by Gasteiger charge is -2.27. The lowest BCUT2D eigenvalue weighted by molar-refractivity contribution is -0.148. The van der Waals surface area contributed by atoms with Crippen LogP contribution in [0.15, 0.2) is 12.2 Å². The zero-order valence-corrected chi connectivity index (χ0v) is 21.9. The summed E-state index contributed by atoms with van der Waals surface area (Å²) >= 11 is 0. The van der Waals surface area contributed by atoms with E-state index in [1.54, 1.807) is 26.0 Å². The molecule has 2 rings (SSSR count). The van der Waals surface area contributed by atoms with Crippen molar-refractivity contribution in [3.8, 4) is 0 Å². The summed E-state index contributed by atoms with van der Waals surface area (Å²) in [5.74, 6) is -3.32. The van der Waals surface area contributed by atoms with Crippen LogP contribution in [0.3, 0.4) is 0 Å². The third-order valence-corrected chi connectivity index (χ3v) is 7.77. The molecule has 1 fully saturated rings. The van der Waals surface area contributed by atoms with Gasteiger partial charge in [0.15, 0.2) is 0 Å². The van der Waals surface area contributed by atoms with Crippen molar-refractivity contribution in [2.45, 2.75) is 63.8 Å². The van der Waals surface area contributed by atoms with E-state index in [0.717, 1.165) is 0 Å². The van der Waals surface area contributed by atoms with Crippen LogP contribution < -0.4 is 27.0 Å². The molecule has 12 nitrogen and oxygen atoms in total. The molecule has 36 heavy (non-hydrogen) atoms. The molecule has 2 heterocycles. The fraction of sp³-hybridized carbons (Fsp3) is 0.636. The lowest BCUT2D eigenvalue weighted by Crippen LogP contribution is -2.59. The van der Waals surface area contributed by atoms with Crippen LogP contribution in [0, 0.1) is 5.92 Å². The Morgan fingerprint density at radius 2 is 1.83 bits per heavy atom. The van der Waals surface area contributed by atoms with Crippen molar-refractivity contribution in [2.75, 3.05) is 18.1 Å². The molecule has 5 amide bonds. The Kier molecular flexibility index (Phi) is 12.1. The van der Waals surface area contributed by atoms with Crippen molar-refractivity contribution in [3.63, 3.8) is 0 Å². The third-order valence-electron chi connectivity index (χ3n) is 5.32. The number of hydrogen-bond acceptors (Lipinski definition) is 9. The van der Waals surface area contributed by atoms with Crippen molar-refractivity contribution < 1.29 is 33.5 Å². The van der Waals surface area contributed by atoms with Gasteiger partial charge in [0.05, 0.1) is 6.42 Å². The Hall–Kier alpha value is -2.74. The molecule has 0 aromatic heterocycles. The Morgan fingerprint density at radius 3 is 2.53 bits per heavy atom. The van der Waals surface area contributed by atoms with Gasteiger partial charge in [0.25, 0.3) is 0 Å². The van der Waals surface area contributed by atoms with Gasteiger partial charge >= 0.3 is 5.97 Å². The molecule has 0 radical (unpaired) electrons. The first-order valence-electron chi connectivity index (χ1n) is 11.6. The first kappa shape index (κ1) is 29.5. The average molecular weight is 544 g/mol. The van der Waals surface area contributed by atoms with Crippen LogP contribution in [-0.4, -0.2) is 77.8 Å². The zero-order chi connectivity index (χ0) is 26.7. The zero-order valence-electron chi connectivity index (χ0n) is 20.2. The Balaban J connectivity index is 2.45. The highest BCUT2D eigenvalue weighted by atomic mass is 33.1. The average Bonchev–Trinajstić information content (AvgIpc) is 2.80. The van der Waals surface area contributed by atoms with Gasteiger partial charge in [-0.05, 0) is 24.8 Å². The Bertz CT molecular complexity index is 883. The molecule has 0 aliphatic carbocycles.